The molecule has 0 atom stereocenters. The first-order chi connectivity index (χ1) is 12.1. The molecule has 2 heterocycles. The highest BCUT2D eigenvalue weighted by atomic mass is 32.1. The standard InChI is InChI=1S/C21H19NO2S/c1-15-12-19(16(2)25-15)20(23)10-9-18-7-3-4-8-21(18)24-14-17-6-5-11-22-13-17/h3-13H,14H2,1-2H3/b10-9+. The first-order valence-corrected chi connectivity index (χ1v) is 8.85. The Morgan fingerprint density at radius 1 is 1.20 bits per heavy atom. The fraction of sp³-hybridized carbons (Fsp3) is 0.143. The lowest BCUT2D eigenvalue weighted by atomic mass is 10.1. The van der Waals surface area contributed by atoms with Crippen LogP contribution in [0.25, 0.3) is 6.08 Å². The van der Waals surface area contributed by atoms with E-state index < -0.39 is 0 Å². The molecule has 0 radical (unpaired) electrons. The SMILES string of the molecule is Cc1cc(C(=O)/C=C/c2ccccc2OCc2cccnc2)c(C)s1. The molecule has 25 heavy (non-hydrogen) atoms. The Kier molecular flexibility index (Phi) is 5.41. The van der Waals surface area contributed by atoms with Crippen molar-refractivity contribution in [2.24, 2.45) is 0 Å². The molecule has 3 rings (SSSR count). The lowest BCUT2D eigenvalue weighted by molar-refractivity contribution is 0.104. The van der Waals surface area contributed by atoms with Gasteiger partial charge in [0.2, 0.25) is 0 Å². The number of para-hydroxylation sites is 1. The summed E-state index contributed by atoms with van der Waals surface area (Å²) in [6.45, 7) is 4.43. The monoisotopic (exact) mass is 349 g/mol. The second kappa shape index (κ2) is 7.90. The molecule has 0 unspecified atom stereocenters. The molecule has 126 valence electrons. The van der Waals surface area contributed by atoms with Crippen molar-refractivity contribution in [3.63, 3.8) is 0 Å². The van der Waals surface area contributed by atoms with E-state index in [0.29, 0.717) is 6.61 Å². The van der Waals surface area contributed by atoms with Crippen LogP contribution in [-0.4, -0.2) is 10.8 Å². The minimum Gasteiger partial charge on any atom is -0.488 e. The zero-order chi connectivity index (χ0) is 17.6. The molecular formula is C21H19NO2S. The Bertz CT molecular complexity index is 897. The topological polar surface area (TPSA) is 39.2 Å². The second-order valence-corrected chi connectivity index (χ2v) is 7.17. The third-order valence-electron chi connectivity index (χ3n) is 3.76. The summed E-state index contributed by atoms with van der Waals surface area (Å²) < 4.78 is 5.89. The van der Waals surface area contributed by atoms with Gasteiger partial charge in [-0.1, -0.05) is 24.3 Å². The van der Waals surface area contributed by atoms with Gasteiger partial charge in [0.25, 0.3) is 0 Å². The quantitative estimate of drug-likeness (QED) is 0.451. The molecule has 4 heteroatoms. The molecule has 0 amide bonds. The first-order valence-electron chi connectivity index (χ1n) is 8.03. The average molecular weight is 349 g/mol. The van der Waals surface area contributed by atoms with E-state index in [1.807, 2.05) is 62.4 Å². The summed E-state index contributed by atoms with van der Waals surface area (Å²) in [5.74, 6) is 0.762. The fourth-order valence-electron chi connectivity index (χ4n) is 2.52. The molecule has 0 fully saturated rings. The van der Waals surface area contributed by atoms with Crippen molar-refractivity contribution in [2.75, 3.05) is 0 Å². The van der Waals surface area contributed by atoms with Crippen LogP contribution in [0, 0.1) is 13.8 Å². The van der Waals surface area contributed by atoms with E-state index in [4.69, 9.17) is 4.74 Å². The van der Waals surface area contributed by atoms with Crippen molar-refractivity contribution in [2.45, 2.75) is 20.5 Å². The number of hydrogen-bond acceptors (Lipinski definition) is 4. The van der Waals surface area contributed by atoms with Crippen LogP contribution in [0.4, 0.5) is 0 Å². The van der Waals surface area contributed by atoms with Crippen LogP contribution in [-0.2, 0) is 6.61 Å². The number of thiophene rings is 1. The van der Waals surface area contributed by atoms with Crippen molar-refractivity contribution >= 4 is 23.2 Å². The average Bonchev–Trinajstić information content (AvgIpc) is 2.98. The number of ether oxygens (including phenoxy) is 1. The summed E-state index contributed by atoms with van der Waals surface area (Å²) in [5, 5.41) is 0. The van der Waals surface area contributed by atoms with Crippen LogP contribution in [0.1, 0.15) is 31.2 Å². The van der Waals surface area contributed by atoms with E-state index in [2.05, 4.69) is 4.98 Å². The smallest absolute Gasteiger partial charge is 0.186 e. The molecule has 0 spiro atoms. The Morgan fingerprint density at radius 3 is 2.76 bits per heavy atom. The summed E-state index contributed by atoms with van der Waals surface area (Å²) in [5.41, 5.74) is 2.65. The van der Waals surface area contributed by atoms with Gasteiger partial charge in [-0.05, 0) is 44.2 Å². The normalized spacial score (nSPS) is 11.0. The largest absolute Gasteiger partial charge is 0.488 e. The first kappa shape index (κ1) is 17.1. The van der Waals surface area contributed by atoms with Crippen molar-refractivity contribution < 1.29 is 9.53 Å². The minimum absolute atomic E-state index is 0.0175. The number of pyridine rings is 1. The van der Waals surface area contributed by atoms with Gasteiger partial charge >= 0.3 is 0 Å². The highest BCUT2D eigenvalue weighted by Gasteiger charge is 2.09. The predicted octanol–water partition coefficient (Wildman–Crippen LogP) is 5.24. The van der Waals surface area contributed by atoms with Gasteiger partial charge in [-0.3, -0.25) is 9.78 Å². The number of nitrogens with zero attached hydrogens (tertiary/aromatic N) is 1. The molecule has 2 aromatic heterocycles. The number of hydrogen-bond donors (Lipinski definition) is 0. The van der Waals surface area contributed by atoms with Crippen LogP contribution in [0.2, 0.25) is 0 Å². The van der Waals surface area contributed by atoms with E-state index in [-0.39, 0.29) is 5.78 Å². The Labute approximate surface area is 151 Å². The second-order valence-electron chi connectivity index (χ2n) is 5.71. The van der Waals surface area contributed by atoms with Crippen molar-refractivity contribution in [3.8, 4) is 5.75 Å². The Morgan fingerprint density at radius 2 is 2.04 bits per heavy atom. The van der Waals surface area contributed by atoms with Gasteiger partial charge < -0.3 is 4.74 Å². The maximum absolute atomic E-state index is 12.4. The molecule has 3 nitrogen and oxygen atoms in total. The van der Waals surface area contributed by atoms with Gasteiger partial charge in [-0.15, -0.1) is 11.3 Å². The molecule has 1 aromatic carbocycles. The summed E-state index contributed by atoms with van der Waals surface area (Å²) in [6, 6.07) is 13.5. The fourth-order valence-corrected chi connectivity index (χ4v) is 3.45. The van der Waals surface area contributed by atoms with Gasteiger partial charge in [0.1, 0.15) is 12.4 Å². The predicted molar refractivity (Wildman–Crippen MR) is 102 cm³/mol. The van der Waals surface area contributed by atoms with Gasteiger partial charge in [-0.25, -0.2) is 0 Å². The maximum atomic E-state index is 12.4. The number of carbonyl (C=O) groups excluding carboxylic acids is 1. The highest BCUT2D eigenvalue weighted by molar-refractivity contribution is 7.12. The van der Waals surface area contributed by atoms with Crippen LogP contribution in [0.3, 0.4) is 0 Å². The number of allylic oxidation sites excluding steroid dienone is 1. The van der Waals surface area contributed by atoms with Crippen molar-refractivity contribution in [1.29, 1.82) is 0 Å². The zero-order valence-corrected chi connectivity index (χ0v) is 15.0. The van der Waals surface area contributed by atoms with E-state index >= 15 is 0 Å². The number of rotatable bonds is 6. The lowest BCUT2D eigenvalue weighted by Gasteiger charge is -2.09. The number of carbonyl (C=O) groups is 1. The number of benzene rings is 1. The molecule has 0 saturated heterocycles. The van der Waals surface area contributed by atoms with Gasteiger partial charge in [0.05, 0.1) is 0 Å². The third-order valence-corrected chi connectivity index (χ3v) is 4.72. The van der Waals surface area contributed by atoms with Crippen LogP contribution >= 0.6 is 11.3 Å². The Hall–Kier alpha value is -2.72. The molecule has 0 N–H and O–H groups in total. The lowest BCUT2D eigenvalue weighted by Crippen LogP contribution is -1.98. The summed E-state index contributed by atoms with van der Waals surface area (Å²) in [7, 11) is 0. The molecule has 0 aliphatic rings. The van der Waals surface area contributed by atoms with E-state index in [1.165, 1.54) is 0 Å². The van der Waals surface area contributed by atoms with Crippen LogP contribution in [0.15, 0.2) is 60.9 Å². The van der Waals surface area contributed by atoms with Gasteiger partial charge in [-0.2, -0.15) is 0 Å². The Balaban J connectivity index is 1.74. The summed E-state index contributed by atoms with van der Waals surface area (Å²) in [6.07, 6.45) is 6.94. The molecule has 0 aliphatic heterocycles. The minimum atomic E-state index is 0.0175. The van der Waals surface area contributed by atoms with E-state index in [1.54, 1.807) is 29.8 Å². The third kappa shape index (κ3) is 4.43. The molecule has 0 aliphatic carbocycles. The number of ketones is 1. The van der Waals surface area contributed by atoms with E-state index in [0.717, 1.165) is 32.2 Å². The summed E-state index contributed by atoms with van der Waals surface area (Å²) in [4.78, 5) is 18.7. The maximum Gasteiger partial charge on any atom is 0.186 e. The zero-order valence-electron chi connectivity index (χ0n) is 14.2. The van der Waals surface area contributed by atoms with Crippen LogP contribution in [0.5, 0.6) is 5.75 Å². The van der Waals surface area contributed by atoms with Gasteiger partial charge in [0.15, 0.2) is 5.78 Å². The number of aromatic nitrogens is 1. The number of aryl methyl sites for hydroxylation is 2. The van der Waals surface area contributed by atoms with Crippen LogP contribution < -0.4 is 4.74 Å². The van der Waals surface area contributed by atoms with Crippen molar-refractivity contribution in [3.05, 3.63) is 87.4 Å². The summed E-state index contributed by atoms with van der Waals surface area (Å²) >= 11 is 1.64. The molecule has 0 saturated carbocycles. The van der Waals surface area contributed by atoms with Gasteiger partial charge in [0, 0.05) is 38.8 Å². The van der Waals surface area contributed by atoms with Crippen molar-refractivity contribution in [1.82, 2.24) is 4.98 Å². The molecular weight excluding hydrogens is 330 g/mol. The van der Waals surface area contributed by atoms with E-state index in [9.17, 15) is 4.79 Å². The highest BCUT2D eigenvalue weighted by Crippen LogP contribution is 2.23. The molecule has 3 aromatic rings. The molecule has 0 bridgehead atoms.